The normalized spacial score (nSPS) is 27.8. The van der Waals surface area contributed by atoms with Crippen molar-refractivity contribution in [3.05, 3.63) is 0 Å². The molecule has 2 heterocycles. The summed E-state index contributed by atoms with van der Waals surface area (Å²) < 4.78 is 0. The number of hydrogen-bond acceptors (Lipinski definition) is 4. The molecule has 2 fully saturated rings. The maximum atomic E-state index is 12.8. The van der Waals surface area contributed by atoms with Crippen molar-refractivity contribution in [2.45, 2.75) is 45.6 Å². The first-order valence-corrected chi connectivity index (χ1v) is 7.54. The standard InChI is InChI=1S/C14H26N4O2/c1-3-14(2,12(15)16-20)13(19)18-9-5-8-17-7-4-6-11(17)10-18/h11,20H,3-10H2,1-2H3,(H2,15,16). The number of nitrogens with two attached hydrogens (primary N) is 1. The van der Waals surface area contributed by atoms with Crippen molar-refractivity contribution in [1.29, 1.82) is 0 Å². The molecule has 2 aliphatic rings. The van der Waals surface area contributed by atoms with Gasteiger partial charge < -0.3 is 15.8 Å². The van der Waals surface area contributed by atoms with Crippen LogP contribution in [0.15, 0.2) is 5.16 Å². The molecule has 0 radical (unpaired) electrons. The van der Waals surface area contributed by atoms with E-state index in [0.717, 1.165) is 39.0 Å². The monoisotopic (exact) mass is 282 g/mol. The lowest BCUT2D eigenvalue weighted by atomic mass is 9.84. The van der Waals surface area contributed by atoms with Crippen LogP contribution in [0.1, 0.15) is 39.5 Å². The Labute approximate surface area is 120 Å². The SMILES string of the molecule is CCC(C)(C(=O)N1CCCN2CCCC2C1)C(N)=NO. The highest BCUT2D eigenvalue weighted by atomic mass is 16.4. The van der Waals surface area contributed by atoms with Crippen LogP contribution in [0.2, 0.25) is 0 Å². The maximum absolute atomic E-state index is 12.8. The number of hydrogen-bond donors (Lipinski definition) is 2. The van der Waals surface area contributed by atoms with Crippen molar-refractivity contribution >= 4 is 11.7 Å². The Morgan fingerprint density at radius 1 is 1.40 bits per heavy atom. The molecule has 2 unspecified atom stereocenters. The first kappa shape index (κ1) is 15.1. The fourth-order valence-electron chi connectivity index (χ4n) is 3.29. The highest BCUT2D eigenvalue weighted by molar-refractivity contribution is 6.06. The smallest absolute Gasteiger partial charge is 0.236 e. The zero-order chi connectivity index (χ0) is 14.8. The second kappa shape index (κ2) is 5.99. The quantitative estimate of drug-likeness (QED) is 0.348. The summed E-state index contributed by atoms with van der Waals surface area (Å²) >= 11 is 0. The summed E-state index contributed by atoms with van der Waals surface area (Å²) in [5.74, 6) is 0.00146. The molecule has 6 heteroatoms. The van der Waals surface area contributed by atoms with Crippen LogP contribution >= 0.6 is 0 Å². The van der Waals surface area contributed by atoms with E-state index in [1.54, 1.807) is 6.92 Å². The fourth-order valence-corrected chi connectivity index (χ4v) is 3.29. The van der Waals surface area contributed by atoms with Crippen LogP contribution in [0.25, 0.3) is 0 Å². The van der Waals surface area contributed by atoms with Crippen molar-refractivity contribution in [3.63, 3.8) is 0 Å². The minimum Gasteiger partial charge on any atom is -0.409 e. The molecule has 0 aliphatic carbocycles. The molecular weight excluding hydrogens is 256 g/mol. The summed E-state index contributed by atoms with van der Waals surface area (Å²) in [5.41, 5.74) is 4.86. The third-order valence-corrected chi connectivity index (χ3v) is 4.94. The first-order valence-electron chi connectivity index (χ1n) is 7.54. The van der Waals surface area contributed by atoms with E-state index in [1.807, 2.05) is 11.8 Å². The number of fused-ring (bicyclic) bond motifs is 1. The maximum Gasteiger partial charge on any atom is 0.236 e. The Morgan fingerprint density at radius 2 is 2.10 bits per heavy atom. The van der Waals surface area contributed by atoms with Crippen LogP contribution in [0.4, 0.5) is 0 Å². The van der Waals surface area contributed by atoms with Gasteiger partial charge in [-0.15, -0.1) is 0 Å². The number of nitrogens with zero attached hydrogens (tertiary/aromatic N) is 3. The number of rotatable bonds is 3. The lowest BCUT2D eigenvalue weighted by Crippen LogP contribution is -2.51. The van der Waals surface area contributed by atoms with Gasteiger partial charge in [-0.25, -0.2) is 0 Å². The van der Waals surface area contributed by atoms with Crippen LogP contribution in [0, 0.1) is 5.41 Å². The predicted molar refractivity (Wildman–Crippen MR) is 77.6 cm³/mol. The van der Waals surface area contributed by atoms with Gasteiger partial charge in [0, 0.05) is 25.7 Å². The lowest BCUT2D eigenvalue weighted by Gasteiger charge is -2.33. The van der Waals surface area contributed by atoms with Gasteiger partial charge in [-0.2, -0.15) is 0 Å². The zero-order valence-electron chi connectivity index (χ0n) is 12.5. The van der Waals surface area contributed by atoms with Gasteiger partial charge in [0.25, 0.3) is 0 Å². The van der Waals surface area contributed by atoms with E-state index in [-0.39, 0.29) is 11.7 Å². The first-order chi connectivity index (χ1) is 9.52. The molecule has 0 bridgehead atoms. The minimum atomic E-state index is -0.900. The van der Waals surface area contributed by atoms with Crippen LogP contribution in [-0.4, -0.2) is 59.0 Å². The molecule has 0 aromatic carbocycles. The Kier molecular flexibility index (Phi) is 4.52. The summed E-state index contributed by atoms with van der Waals surface area (Å²) in [4.78, 5) is 17.2. The third-order valence-electron chi connectivity index (χ3n) is 4.94. The van der Waals surface area contributed by atoms with Crippen molar-refractivity contribution in [3.8, 4) is 0 Å². The number of amidine groups is 1. The molecule has 1 amide bonds. The Bertz CT molecular complexity index is 399. The van der Waals surface area contributed by atoms with E-state index < -0.39 is 5.41 Å². The third kappa shape index (κ3) is 2.61. The average Bonchev–Trinajstić information content (AvgIpc) is 2.81. The molecule has 3 N–H and O–H groups in total. The van der Waals surface area contributed by atoms with Gasteiger partial charge in [-0.3, -0.25) is 9.69 Å². The molecule has 0 saturated carbocycles. The second-order valence-electron chi connectivity index (χ2n) is 6.11. The summed E-state index contributed by atoms with van der Waals surface area (Å²) in [7, 11) is 0. The molecule has 2 aliphatic heterocycles. The Hall–Kier alpha value is -1.30. The number of amides is 1. The Morgan fingerprint density at radius 3 is 2.75 bits per heavy atom. The molecule has 0 aromatic rings. The average molecular weight is 282 g/mol. The highest BCUT2D eigenvalue weighted by Gasteiger charge is 2.41. The van der Waals surface area contributed by atoms with E-state index in [0.29, 0.717) is 12.5 Å². The van der Waals surface area contributed by atoms with E-state index in [2.05, 4.69) is 10.1 Å². The van der Waals surface area contributed by atoms with Crippen molar-refractivity contribution in [2.24, 2.45) is 16.3 Å². The van der Waals surface area contributed by atoms with Crippen molar-refractivity contribution < 1.29 is 10.0 Å². The molecule has 2 saturated heterocycles. The summed E-state index contributed by atoms with van der Waals surface area (Å²) in [6, 6.07) is 0.481. The fraction of sp³-hybridized carbons (Fsp3) is 0.857. The lowest BCUT2D eigenvalue weighted by molar-refractivity contribution is -0.138. The van der Waals surface area contributed by atoms with E-state index in [4.69, 9.17) is 10.9 Å². The van der Waals surface area contributed by atoms with E-state index >= 15 is 0 Å². The number of oxime groups is 1. The molecule has 0 aromatic heterocycles. The van der Waals surface area contributed by atoms with Gasteiger partial charge in [0.05, 0.1) is 0 Å². The van der Waals surface area contributed by atoms with Gasteiger partial charge in [0.15, 0.2) is 5.84 Å². The molecule has 2 rings (SSSR count). The molecule has 0 spiro atoms. The molecule has 6 nitrogen and oxygen atoms in total. The van der Waals surface area contributed by atoms with Gasteiger partial charge in [-0.05, 0) is 39.2 Å². The van der Waals surface area contributed by atoms with Crippen LogP contribution in [0.3, 0.4) is 0 Å². The summed E-state index contributed by atoms with van der Waals surface area (Å²) in [6.45, 7) is 7.42. The van der Waals surface area contributed by atoms with E-state index in [9.17, 15) is 4.79 Å². The van der Waals surface area contributed by atoms with Crippen LogP contribution in [-0.2, 0) is 4.79 Å². The summed E-state index contributed by atoms with van der Waals surface area (Å²) in [6.07, 6.45) is 3.92. The minimum absolute atomic E-state index is 0.0101. The van der Waals surface area contributed by atoms with Crippen LogP contribution < -0.4 is 5.73 Å². The predicted octanol–water partition coefficient (Wildman–Crippen LogP) is 0.846. The topological polar surface area (TPSA) is 82.2 Å². The largest absolute Gasteiger partial charge is 0.409 e. The van der Waals surface area contributed by atoms with Gasteiger partial charge in [0.1, 0.15) is 5.41 Å². The van der Waals surface area contributed by atoms with E-state index in [1.165, 1.54) is 6.42 Å². The highest BCUT2D eigenvalue weighted by Crippen LogP contribution is 2.28. The molecule has 114 valence electrons. The van der Waals surface area contributed by atoms with Gasteiger partial charge >= 0.3 is 0 Å². The molecular formula is C14H26N4O2. The van der Waals surface area contributed by atoms with Crippen LogP contribution in [0.5, 0.6) is 0 Å². The summed E-state index contributed by atoms with van der Waals surface area (Å²) in [5, 5.41) is 12.0. The Balaban J connectivity index is 2.14. The van der Waals surface area contributed by atoms with Crippen molar-refractivity contribution in [2.75, 3.05) is 26.2 Å². The van der Waals surface area contributed by atoms with Gasteiger partial charge in [0.2, 0.25) is 5.91 Å². The molecule has 20 heavy (non-hydrogen) atoms. The van der Waals surface area contributed by atoms with Crippen molar-refractivity contribution in [1.82, 2.24) is 9.80 Å². The second-order valence-corrected chi connectivity index (χ2v) is 6.11. The zero-order valence-corrected chi connectivity index (χ0v) is 12.5. The molecule has 2 atom stereocenters. The number of carbonyl (C=O) groups excluding carboxylic acids is 1. The van der Waals surface area contributed by atoms with Gasteiger partial charge in [-0.1, -0.05) is 12.1 Å². The number of carbonyl (C=O) groups is 1.